The molecule has 0 saturated heterocycles. The molecule has 0 spiro atoms. The smallest absolute Gasteiger partial charge is 0.296 e. The van der Waals surface area contributed by atoms with Crippen LogP contribution < -0.4 is 5.32 Å². The van der Waals surface area contributed by atoms with Crippen molar-refractivity contribution in [3.8, 4) is 5.75 Å². The SMILES string of the molecule is CC1(C)CCCC(Nc2ccc(O)cc2[N+](=O)[O-])CC1. The van der Waals surface area contributed by atoms with E-state index in [2.05, 4.69) is 19.2 Å². The Morgan fingerprint density at radius 3 is 2.80 bits per heavy atom. The molecule has 1 fully saturated rings. The fourth-order valence-electron chi connectivity index (χ4n) is 2.82. The molecule has 0 bridgehead atoms. The minimum atomic E-state index is -0.456. The largest absolute Gasteiger partial charge is 0.508 e. The molecule has 1 aliphatic carbocycles. The summed E-state index contributed by atoms with van der Waals surface area (Å²) >= 11 is 0. The average Bonchev–Trinajstić information content (AvgIpc) is 2.53. The first-order valence-electron chi connectivity index (χ1n) is 7.11. The first-order valence-corrected chi connectivity index (χ1v) is 7.11. The number of phenolic OH excluding ortho intramolecular Hbond substituents is 1. The van der Waals surface area contributed by atoms with Gasteiger partial charge in [-0.15, -0.1) is 0 Å². The number of rotatable bonds is 3. The van der Waals surface area contributed by atoms with Crippen LogP contribution in [0.25, 0.3) is 0 Å². The van der Waals surface area contributed by atoms with Crippen LogP contribution in [0.4, 0.5) is 11.4 Å². The minimum Gasteiger partial charge on any atom is -0.508 e. The Morgan fingerprint density at radius 2 is 2.10 bits per heavy atom. The Labute approximate surface area is 119 Å². The second-order valence-electron chi connectivity index (χ2n) is 6.39. The van der Waals surface area contributed by atoms with Gasteiger partial charge in [0.2, 0.25) is 0 Å². The van der Waals surface area contributed by atoms with Gasteiger partial charge in [0.05, 0.1) is 11.0 Å². The number of anilines is 1. The van der Waals surface area contributed by atoms with Crippen molar-refractivity contribution in [1.82, 2.24) is 0 Å². The van der Waals surface area contributed by atoms with Crippen LogP contribution in [0.5, 0.6) is 5.75 Å². The number of benzene rings is 1. The van der Waals surface area contributed by atoms with Gasteiger partial charge in [0.1, 0.15) is 11.4 Å². The summed E-state index contributed by atoms with van der Waals surface area (Å²) in [5.41, 5.74) is 0.795. The van der Waals surface area contributed by atoms with E-state index >= 15 is 0 Å². The van der Waals surface area contributed by atoms with Crippen LogP contribution in [0.1, 0.15) is 46.0 Å². The van der Waals surface area contributed by atoms with Crippen LogP contribution in [0, 0.1) is 15.5 Å². The molecule has 1 atom stereocenters. The normalized spacial score (nSPS) is 22.0. The number of nitro groups is 1. The van der Waals surface area contributed by atoms with E-state index in [9.17, 15) is 15.2 Å². The van der Waals surface area contributed by atoms with Crippen molar-refractivity contribution in [3.63, 3.8) is 0 Å². The monoisotopic (exact) mass is 278 g/mol. The van der Waals surface area contributed by atoms with Crippen LogP contribution in [0.3, 0.4) is 0 Å². The molecule has 1 aromatic rings. The summed E-state index contributed by atoms with van der Waals surface area (Å²) < 4.78 is 0. The van der Waals surface area contributed by atoms with Crippen molar-refractivity contribution in [2.24, 2.45) is 5.41 Å². The van der Waals surface area contributed by atoms with Crippen molar-refractivity contribution in [2.45, 2.75) is 52.0 Å². The Morgan fingerprint density at radius 1 is 1.35 bits per heavy atom. The molecule has 0 aliphatic heterocycles. The molecule has 20 heavy (non-hydrogen) atoms. The van der Waals surface area contributed by atoms with Crippen LogP contribution >= 0.6 is 0 Å². The highest BCUT2D eigenvalue weighted by atomic mass is 16.6. The molecule has 5 nitrogen and oxygen atoms in total. The van der Waals surface area contributed by atoms with Crippen LogP contribution in [0.15, 0.2) is 18.2 Å². The van der Waals surface area contributed by atoms with E-state index in [1.165, 1.54) is 18.6 Å². The quantitative estimate of drug-likeness (QED) is 0.378. The summed E-state index contributed by atoms with van der Waals surface area (Å²) in [6.07, 6.45) is 5.50. The van der Waals surface area contributed by atoms with E-state index in [4.69, 9.17) is 0 Å². The number of hydrogen-bond donors (Lipinski definition) is 2. The zero-order valence-corrected chi connectivity index (χ0v) is 12.1. The molecule has 1 aromatic carbocycles. The molecule has 0 heterocycles. The molecule has 1 unspecified atom stereocenters. The number of nitrogens with one attached hydrogen (secondary N) is 1. The molecule has 110 valence electrons. The number of nitrogens with zero attached hydrogens (tertiary/aromatic N) is 1. The third kappa shape index (κ3) is 3.62. The Kier molecular flexibility index (Phi) is 4.16. The zero-order valence-electron chi connectivity index (χ0n) is 12.1. The third-order valence-corrected chi connectivity index (χ3v) is 4.11. The van der Waals surface area contributed by atoms with Crippen LogP contribution in [-0.4, -0.2) is 16.1 Å². The fourth-order valence-corrected chi connectivity index (χ4v) is 2.82. The Bertz CT molecular complexity index is 500. The van der Waals surface area contributed by atoms with Crippen LogP contribution in [0.2, 0.25) is 0 Å². The van der Waals surface area contributed by atoms with Gasteiger partial charge < -0.3 is 10.4 Å². The van der Waals surface area contributed by atoms with Crippen molar-refractivity contribution in [1.29, 1.82) is 0 Å². The first kappa shape index (κ1) is 14.6. The second kappa shape index (κ2) is 5.69. The highest BCUT2D eigenvalue weighted by Crippen LogP contribution is 2.36. The number of phenols is 1. The van der Waals surface area contributed by atoms with Gasteiger partial charge in [0.25, 0.3) is 5.69 Å². The molecule has 2 rings (SSSR count). The maximum absolute atomic E-state index is 11.0. The molecule has 2 N–H and O–H groups in total. The summed E-state index contributed by atoms with van der Waals surface area (Å²) in [7, 11) is 0. The summed E-state index contributed by atoms with van der Waals surface area (Å²) in [6, 6.07) is 4.53. The van der Waals surface area contributed by atoms with Gasteiger partial charge in [-0.1, -0.05) is 20.3 Å². The highest BCUT2D eigenvalue weighted by molar-refractivity contribution is 5.64. The molecular formula is C15H22N2O3. The summed E-state index contributed by atoms with van der Waals surface area (Å²) in [5, 5.41) is 23.7. The lowest BCUT2D eigenvalue weighted by molar-refractivity contribution is -0.384. The van der Waals surface area contributed by atoms with Gasteiger partial charge in [-0.2, -0.15) is 0 Å². The first-order chi connectivity index (χ1) is 9.37. The molecular weight excluding hydrogens is 256 g/mol. The minimum absolute atomic E-state index is 0.0616. The number of nitro benzene ring substituents is 1. The maximum atomic E-state index is 11.0. The summed E-state index contributed by atoms with van der Waals surface area (Å²) in [4.78, 5) is 10.6. The van der Waals surface area contributed by atoms with Crippen molar-refractivity contribution in [2.75, 3.05) is 5.32 Å². The number of hydrogen-bond acceptors (Lipinski definition) is 4. The van der Waals surface area contributed by atoms with E-state index in [0.29, 0.717) is 11.1 Å². The van der Waals surface area contributed by atoms with Gasteiger partial charge in [-0.25, -0.2) is 0 Å². The highest BCUT2D eigenvalue weighted by Gasteiger charge is 2.25. The van der Waals surface area contributed by atoms with E-state index in [1.54, 1.807) is 6.07 Å². The fraction of sp³-hybridized carbons (Fsp3) is 0.600. The lowest BCUT2D eigenvalue weighted by Crippen LogP contribution is -2.19. The second-order valence-corrected chi connectivity index (χ2v) is 6.39. The van der Waals surface area contributed by atoms with E-state index in [1.807, 2.05) is 0 Å². The maximum Gasteiger partial charge on any atom is 0.296 e. The van der Waals surface area contributed by atoms with Gasteiger partial charge in [-0.05, 0) is 43.2 Å². The van der Waals surface area contributed by atoms with Gasteiger partial charge in [0.15, 0.2) is 0 Å². The predicted octanol–water partition coefficient (Wildman–Crippen LogP) is 4.07. The molecule has 1 saturated carbocycles. The third-order valence-electron chi connectivity index (χ3n) is 4.11. The predicted molar refractivity (Wildman–Crippen MR) is 79.0 cm³/mol. The van der Waals surface area contributed by atoms with Gasteiger partial charge in [-0.3, -0.25) is 10.1 Å². The molecule has 0 amide bonds. The lowest BCUT2D eigenvalue weighted by atomic mass is 9.85. The van der Waals surface area contributed by atoms with Crippen molar-refractivity contribution >= 4 is 11.4 Å². The molecule has 0 radical (unpaired) electrons. The standard InChI is InChI=1S/C15H22N2O3/c1-15(2)8-3-4-11(7-9-15)16-13-6-5-12(18)10-14(13)17(19)20/h5-6,10-11,16,18H,3-4,7-9H2,1-2H3. The van der Waals surface area contributed by atoms with Gasteiger partial charge >= 0.3 is 0 Å². The summed E-state index contributed by atoms with van der Waals surface area (Å²) in [5.74, 6) is -0.0794. The van der Waals surface area contributed by atoms with Gasteiger partial charge in [0, 0.05) is 6.04 Å². The van der Waals surface area contributed by atoms with E-state index in [0.717, 1.165) is 25.7 Å². The number of aromatic hydroxyl groups is 1. The average molecular weight is 278 g/mol. The lowest BCUT2D eigenvalue weighted by Gasteiger charge is -2.22. The van der Waals surface area contributed by atoms with Crippen LogP contribution in [-0.2, 0) is 0 Å². The van der Waals surface area contributed by atoms with E-state index in [-0.39, 0.29) is 17.5 Å². The Hall–Kier alpha value is -1.78. The zero-order chi connectivity index (χ0) is 14.8. The van der Waals surface area contributed by atoms with E-state index < -0.39 is 4.92 Å². The topological polar surface area (TPSA) is 75.4 Å². The van der Waals surface area contributed by atoms with Crippen molar-refractivity contribution < 1.29 is 10.0 Å². The molecule has 5 heteroatoms. The van der Waals surface area contributed by atoms with Crippen molar-refractivity contribution in [3.05, 3.63) is 28.3 Å². The molecule has 1 aliphatic rings. The Balaban J connectivity index is 2.12. The molecule has 0 aromatic heterocycles. The summed E-state index contributed by atoms with van der Waals surface area (Å²) in [6.45, 7) is 4.55.